The molecule has 0 saturated carbocycles. The molecule has 0 amide bonds. The van der Waals surface area contributed by atoms with Crippen LogP contribution in [0, 0.1) is 11.3 Å². The predicted octanol–water partition coefficient (Wildman–Crippen LogP) is 5.46. The molecule has 0 atom stereocenters. The maximum absolute atomic E-state index is 13.3. The first kappa shape index (κ1) is 19.4. The molecule has 5 rings (SSSR count). The topological polar surface area (TPSA) is 63.1 Å². The molecule has 0 fully saturated rings. The number of halogens is 1. The number of thioether (sulfide) groups is 1. The zero-order valence-corrected chi connectivity index (χ0v) is 17.8. The lowest BCUT2D eigenvalue weighted by atomic mass is 10.2. The predicted molar refractivity (Wildman–Crippen MR) is 124 cm³/mol. The van der Waals surface area contributed by atoms with Crippen molar-refractivity contribution >= 4 is 39.8 Å². The second-order valence-corrected chi connectivity index (χ2v) is 8.33. The van der Waals surface area contributed by atoms with Crippen molar-refractivity contribution in [2.45, 2.75) is 10.9 Å². The Morgan fingerprint density at radius 2 is 1.90 bits per heavy atom. The molecule has 0 aliphatic heterocycles. The Kier molecular flexibility index (Phi) is 4.99. The van der Waals surface area contributed by atoms with Gasteiger partial charge in [-0.15, -0.1) is 0 Å². The van der Waals surface area contributed by atoms with Gasteiger partial charge in [0, 0.05) is 23.2 Å². The second kappa shape index (κ2) is 7.95. The third-order valence-corrected chi connectivity index (χ3v) is 6.26. The maximum atomic E-state index is 13.3. The average molecular weight is 443 g/mol. The van der Waals surface area contributed by atoms with E-state index in [4.69, 9.17) is 16.6 Å². The highest BCUT2D eigenvalue weighted by molar-refractivity contribution is 7.98. The highest BCUT2D eigenvalue weighted by Gasteiger charge is 2.16. The Morgan fingerprint density at radius 3 is 2.74 bits per heavy atom. The van der Waals surface area contributed by atoms with Crippen molar-refractivity contribution in [1.82, 2.24) is 14.0 Å². The number of rotatable bonds is 4. The first-order valence-electron chi connectivity index (χ1n) is 9.55. The molecule has 3 aromatic heterocycles. The van der Waals surface area contributed by atoms with Crippen LogP contribution in [-0.2, 0) is 5.75 Å². The summed E-state index contributed by atoms with van der Waals surface area (Å²) in [5, 5.41) is 11.3. The van der Waals surface area contributed by atoms with Gasteiger partial charge in [-0.25, -0.2) is 4.98 Å². The van der Waals surface area contributed by atoms with Gasteiger partial charge in [-0.05, 0) is 48.0 Å². The van der Waals surface area contributed by atoms with E-state index in [0.29, 0.717) is 38.1 Å². The molecule has 7 heteroatoms. The number of hydrogen-bond donors (Lipinski definition) is 0. The number of aromatic nitrogens is 3. The van der Waals surface area contributed by atoms with Crippen molar-refractivity contribution in [1.29, 1.82) is 5.26 Å². The number of para-hydroxylation sites is 1. The standard InChI is InChI=1S/C24H15ClN4OS/c25-17-6-5-7-18(12-17)29-23(30)19-8-1-2-9-21(19)27-24(29)31-15-16-14-28-11-4-3-10-22(28)20(16)13-26/h1-12,14H,15H2. The van der Waals surface area contributed by atoms with Crippen LogP contribution in [0.1, 0.15) is 11.1 Å². The summed E-state index contributed by atoms with van der Waals surface area (Å²) in [6, 6.07) is 22.5. The largest absolute Gasteiger partial charge is 0.322 e. The molecule has 5 aromatic rings. The first-order chi connectivity index (χ1) is 15.2. The molecule has 2 aromatic carbocycles. The van der Waals surface area contributed by atoms with Crippen LogP contribution in [0.25, 0.3) is 22.1 Å². The van der Waals surface area contributed by atoms with Gasteiger partial charge in [0.25, 0.3) is 5.56 Å². The van der Waals surface area contributed by atoms with E-state index in [1.165, 1.54) is 11.8 Å². The summed E-state index contributed by atoms with van der Waals surface area (Å²) in [5.74, 6) is 0.496. The van der Waals surface area contributed by atoms with Crippen molar-refractivity contribution in [2.24, 2.45) is 0 Å². The highest BCUT2D eigenvalue weighted by atomic mass is 35.5. The number of fused-ring (bicyclic) bond motifs is 2. The zero-order valence-electron chi connectivity index (χ0n) is 16.2. The Labute approximate surface area is 187 Å². The summed E-state index contributed by atoms with van der Waals surface area (Å²) < 4.78 is 3.52. The van der Waals surface area contributed by atoms with Gasteiger partial charge in [0.1, 0.15) is 6.07 Å². The van der Waals surface area contributed by atoms with Crippen LogP contribution < -0.4 is 5.56 Å². The fourth-order valence-electron chi connectivity index (χ4n) is 3.61. The van der Waals surface area contributed by atoms with E-state index in [2.05, 4.69) is 6.07 Å². The third-order valence-electron chi connectivity index (χ3n) is 5.04. The van der Waals surface area contributed by atoms with Crippen LogP contribution in [0.4, 0.5) is 0 Å². The van der Waals surface area contributed by atoms with Crippen LogP contribution >= 0.6 is 23.4 Å². The minimum absolute atomic E-state index is 0.155. The molecule has 0 unspecified atom stereocenters. The van der Waals surface area contributed by atoms with Gasteiger partial charge >= 0.3 is 0 Å². The zero-order chi connectivity index (χ0) is 21.4. The van der Waals surface area contributed by atoms with Gasteiger partial charge in [0.15, 0.2) is 5.16 Å². The summed E-state index contributed by atoms with van der Waals surface area (Å²) in [6.07, 6.45) is 3.87. The number of hydrogen-bond acceptors (Lipinski definition) is 4. The van der Waals surface area contributed by atoms with Crippen LogP contribution in [0.15, 0.2) is 89.1 Å². The lowest BCUT2D eigenvalue weighted by Crippen LogP contribution is -2.21. The summed E-state index contributed by atoms with van der Waals surface area (Å²) in [6.45, 7) is 0. The van der Waals surface area contributed by atoms with E-state index in [1.807, 2.05) is 65.3 Å². The van der Waals surface area contributed by atoms with Crippen LogP contribution in [-0.4, -0.2) is 14.0 Å². The number of benzene rings is 2. The Morgan fingerprint density at radius 1 is 1.06 bits per heavy atom. The lowest BCUT2D eigenvalue weighted by Gasteiger charge is -2.13. The first-order valence-corrected chi connectivity index (χ1v) is 10.9. The number of nitrogens with zero attached hydrogens (tertiary/aromatic N) is 4. The molecule has 0 N–H and O–H groups in total. The van der Waals surface area contributed by atoms with Gasteiger partial charge in [-0.1, -0.05) is 47.6 Å². The SMILES string of the molecule is N#Cc1c(CSc2nc3ccccc3c(=O)n2-c2cccc(Cl)c2)cn2ccccc12. The summed E-state index contributed by atoms with van der Waals surface area (Å²) in [4.78, 5) is 18.1. The van der Waals surface area contributed by atoms with Crippen molar-refractivity contribution in [2.75, 3.05) is 0 Å². The molecule has 0 bridgehead atoms. The second-order valence-electron chi connectivity index (χ2n) is 6.95. The molecule has 0 radical (unpaired) electrons. The molecule has 150 valence electrons. The normalized spacial score (nSPS) is 11.1. The molecular formula is C24H15ClN4OS. The van der Waals surface area contributed by atoms with Gasteiger partial charge < -0.3 is 4.40 Å². The molecular weight excluding hydrogens is 428 g/mol. The average Bonchev–Trinajstić information content (AvgIpc) is 3.15. The van der Waals surface area contributed by atoms with Crippen LogP contribution in [0.5, 0.6) is 0 Å². The minimum atomic E-state index is -0.155. The van der Waals surface area contributed by atoms with E-state index in [1.54, 1.807) is 22.8 Å². The maximum Gasteiger partial charge on any atom is 0.266 e. The Bertz CT molecular complexity index is 1550. The number of nitriles is 1. The molecule has 0 saturated heterocycles. The molecule has 5 nitrogen and oxygen atoms in total. The fraction of sp³-hybridized carbons (Fsp3) is 0.0417. The molecule has 0 spiro atoms. The molecule has 31 heavy (non-hydrogen) atoms. The van der Waals surface area contributed by atoms with Gasteiger partial charge in [-0.3, -0.25) is 9.36 Å². The van der Waals surface area contributed by atoms with Gasteiger partial charge in [0.2, 0.25) is 0 Å². The van der Waals surface area contributed by atoms with Gasteiger partial charge in [-0.2, -0.15) is 5.26 Å². The van der Waals surface area contributed by atoms with Crippen LogP contribution in [0.2, 0.25) is 5.02 Å². The van der Waals surface area contributed by atoms with E-state index < -0.39 is 0 Å². The smallest absolute Gasteiger partial charge is 0.266 e. The lowest BCUT2D eigenvalue weighted by molar-refractivity contribution is 0.819. The fourth-order valence-corrected chi connectivity index (χ4v) is 4.78. The highest BCUT2D eigenvalue weighted by Crippen LogP contribution is 2.28. The van der Waals surface area contributed by atoms with E-state index >= 15 is 0 Å². The minimum Gasteiger partial charge on any atom is -0.322 e. The summed E-state index contributed by atoms with van der Waals surface area (Å²) in [7, 11) is 0. The van der Waals surface area contributed by atoms with Crippen molar-refractivity contribution in [3.63, 3.8) is 0 Å². The van der Waals surface area contributed by atoms with Gasteiger partial charge in [0.05, 0.1) is 27.7 Å². The van der Waals surface area contributed by atoms with E-state index in [9.17, 15) is 10.1 Å². The molecule has 0 aliphatic carbocycles. The van der Waals surface area contributed by atoms with Crippen molar-refractivity contribution in [3.05, 3.63) is 106 Å². The quantitative estimate of drug-likeness (QED) is 0.274. The molecule has 3 heterocycles. The Balaban J connectivity index is 1.64. The number of pyridine rings is 1. The van der Waals surface area contributed by atoms with E-state index in [0.717, 1.165) is 11.1 Å². The third kappa shape index (κ3) is 3.48. The molecule has 0 aliphatic rings. The van der Waals surface area contributed by atoms with Crippen molar-refractivity contribution in [3.8, 4) is 11.8 Å². The van der Waals surface area contributed by atoms with Crippen LogP contribution in [0.3, 0.4) is 0 Å². The Hall–Kier alpha value is -3.53. The summed E-state index contributed by atoms with van der Waals surface area (Å²) in [5.41, 5.74) is 3.51. The van der Waals surface area contributed by atoms with E-state index in [-0.39, 0.29) is 5.56 Å². The monoisotopic (exact) mass is 442 g/mol. The summed E-state index contributed by atoms with van der Waals surface area (Å²) >= 11 is 7.61. The van der Waals surface area contributed by atoms with Crippen molar-refractivity contribution < 1.29 is 0 Å².